The van der Waals surface area contributed by atoms with Crippen LogP contribution in [0, 0.1) is 0 Å². The van der Waals surface area contributed by atoms with Crippen LogP contribution < -0.4 is 10.5 Å². The molecular formula is C17H14N4OS. The molecule has 0 unspecified atom stereocenters. The van der Waals surface area contributed by atoms with Crippen LogP contribution in [0.4, 0.5) is 5.82 Å². The number of para-hydroxylation sites is 1. The van der Waals surface area contributed by atoms with Crippen molar-refractivity contribution in [2.24, 2.45) is 0 Å². The molecule has 0 amide bonds. The molecule has 0 aliphatic rings. The van der Waals surface area contributed by atoms with Gasteiger partial charge in [-0.15, -0.1) is 11.3 Å². The van der Waals surface area contributed by atoms with Gasteiger partial charge in [-0.2, -0.15) is 5.10 Å². The van der Waals surface area contributed by atoms with Gasteiger partial charge in [0.05, 0.1) is 28.6 Å². The van der Waals surface area contributed by atoms with E-state index in [2.05, 4.69) is 21.2 Å². The fourth-order valence-electron chi connectivity index (χ4n) is 2.52. The molecule has 0 aliphatic carbocycles. The molecule has 0 bridgehead atoms. The smallest absolute Gasteiger partial charge is 0.156 e. The predicted molar refractivity (Wildman–Crippen MR) is 93.6 cm³/mol. The molecule has 0 saturated carbocycles. The summed E-state index contributed by atoms with van der Waals surface area (Å²) in [7, 11) is 1.65. The summed E-state index contributed by atoms with van der Waals surface area (Å²) in [6, 6.07) is 15.8. The number of methoxy groups -OCH3 is 1. The number of nitrogens with zero attached hydrogens (tertiary/aromatic N) is 2. The van der Waals surface area contributed by atoms with Crippen LogP contribution in [0.25, 0.3) is 32.0 Å². The van der Waals surface area contributed by atoms with E-state index >= 15 is 0 Å². The summed E-state index contributed by atoms with van der Waals surface area (Å²) in [5.41, 5.74) is 9.75. The third kappa shape index (κ3) is 2.33. The Bertz CT molecular complexity index is 939. The lowest BCUT2D eigenvalue weighted by Crippen LogP contribution is -1.88. The van der Waals surface area contributed by atoms with E-state index in [9.17, 15) is 0 Å². The number of hydrogen-bond donors (Lipinski definition) is 2. The first-order chi connectivity index (χ1) is 11.3. The maximum absolute atomic E-state index is 6.09. The zero-order valence-corrected chi connectivity index (χ0v) is 13.2. The number of hydrogen-bond acceptors (Lipinski definition) is 5. The number of ether oxygens (including phenoxy) is 1. The van der Waals surface area contributed by atoms with Gasteiger partial charge in [0.25, 0.3) is 0 Å². The highest BCUT2D eigenvalue weighted by molar-refractivity contribution is 7.21. The number of anilines is 1. The Morgan fingerprint density at radius 3 is 2.61 bits per heavy atom. The van der Waals surface area contributed by atoms with Crippen molar-refractivity contribution < 1.29 is 4.74 Å². The molecule has 2 heterocycles. The highest BCUT2D eigenvalue weighted by atomic mass is 32.1. The van der Waals surface area contributed by atoms with Crippen LogP contribution in [0.15, 0.2) is 48.5 Å². The Hall–Kier alpha value is -2.86. The lowest BCUT2D eigenvalue weighted by atomic mass is 10.1. The molecule has 0 radical (unpaired) electrons. The Balaban J connectivity index is 1.86. The topological polar surface area (TPSA) is 76.8 Å². The number of aromatic nitrogens is 3. The van der Waals surface area contributed by atoms with E-state index < -0.39 is 0 Å². The summed E-state index contributed by atoms with van der Waals surface area (Å²) >= 11 is 1.61. The fraction of sp³-hybridized carbons (Fsp3) is 0.0588. The van der Waals surface area contributed by atoms with Gasteiger partial charge in [0.15, 0.2) is 5.82 Å². The number of nitrogen functional groups attached to an aromatic ring is 1. The van der Waals surface area contributed by atoms with Crippen molar-refractivity contribution in [3.8, 4) is 27.6 Å². The molecular weight excluding hydrogens is 308 g/mol. The molecule has 114 valence electrons. The average Bonchev–Trinajstić information content (AvgIpc) is 3.17. The van der Waals surface area contributed by atoms with Crippen molar-refractivity contribution in [1.82, 2.24) is 15.2 Å². The first kappa shape index (κ1) is 13.8. The van der Waals surface area contributed by atoms with Gasteiger partial charge in [0.1, 0.15) is 10.8 Å². The molecule has 3 N–H and O–H groups in total. The summed E-state index contributed by atoms with van der Waals surface area (Å²) in [4.78, 5) is 4.69. The molecule has 2 aromatic heterocycles. The number of H-pyrrole nitrogens is 1. The van der Waals surface area contributed by atoms with Crippen LogP contribution in [0.3, 0.4) is 0 Å². The van der Waals surface area contributed by atoms with E-state index in [1.54, 1.807) is 18.4 Å². The number of nitrogens with one attached hydrogen (secondary N) is 1. The minimum atomic E-state index is 0.454. The van der Waals surface area contributed by atoms with Crippen molar-refractivity contribution in [1.29, 1.82) is 0 Å². The Labute approximate surface area is 136 Å². The number of benzene rings is 2. The Morgan fingerprint density at radius 1 is 1.09 bits per heavy atom. The number of nitrogens with two attached hydrogens (primary N) is 1. The quantitative estimate of drug-likeness (QED) is 0.599. The minimum Gasteiger partial charge on any atom is -0.497 e. The second-order valence-electron chi connectivity index (χ2n) is 5.07. The second-order valence-corrected chi connectivity index (χ2v) is 6.10. The summed E-state index contributed by atoms with van der Waals surface area (Å²) < 4.78 is 6.33. The minimum absolute atomic E-state index is 0.454. The average molecular weight is 322 g/mol. The standard InChI is InChI=1S/C17H14N4OS/c1-22-11-8-6-10(7-9-11)15-14(16(18)21-20-15)17-19-12-4-2-3-5-13(12)23-17/h2-9H,1H3,(H3,18,20,21). The summed E-state index contributed by atoms with van der Waals surface area (Å²) in [5.74, 6) is 1.26. The van der Waals surface area contributed by atoms with Crippen LogP contribution in [0.5, 0.6) is 5.75 Å². The van der Waals surface area contributed by atoms with Gasteiger partial charge in [-0.3, -0.25) is 5.10 Å². The van der Waals surface area contributed by atoms with Gasteiger partial charge in [-0.05, 0) is 36.4 Å². The Kier molecular flexibility index (Phi) is 3.24. The van der Waals surface area contributed by atoms with Gasteiger partial charge in [0.2, 0.25) is 0 Å². The lowest BCUT2D eigenvalue weighted by molar-refractivity contribution is 0.415. The van der Waals surface area contributed by atoms with E-state index in [1.807, 2.05) is 42.5 Å². The maximum Gasteiger partial charge on any atom is 0.156 e. The molecule has 0 fully saturated rings. The molecule has 23 heavy (non-hydrogen) atoms. The van der Waals surface area contributed by atoms with E-state index in [0.717, 1.165) is 37.8 Å². The van der Waals surface area contributed by atoms with E-state index in [1.165, 1.54) is 0 Å². The summed E-state index contributed by atoms with van der Waals surface area (Å²) in [5, 5.41) is 8.06. The zero-order valence-electron chi connectivity index (χ0n) is 12.4. The van der Waals surface area contributed by atoms with Gasteiger partial charge in [-0.25, -0.2) is 4.98 Å². The molecule has 4 rings (SSSR count). The maximum atomic E-state index is 6.09. The Morgan fingerprint density at radius 2 is 1.87 bits per heavy atom. The largest absolute Gasteiger partial charge is 0.497 e. The SMILES string of the molecule is COc1ccc(-c2[nH]nc(N)c2-c2nc3ccccc3s2)cc1. The van der Waals surface area contributed by atoms with Gasteiger partial charge >= 0.3 is 0 Å². The monoisotopic (exact) mass is 322 g/mol. The first-order valence-corrected chi connectivity index (χ1v) is 7.92. The van der Waals surface area contributed by atoms with Crippen LogP contribution in [0.1, 0.15) is 0 Å². The fourth-order valence-corrected chi connectivity index (χ4v) is 3.54. The highest BCUT2D eigenvalue weighted by Crippen LogP contribution is 2.39. The van der Waals surface area contributed by atoms with Crippen LogP contribution in [0.2, 0.25) is 0 Å². The van der Waals surface area contributed by atoms with Crippen LogP contribution in [-0.4, -0.2) is 22.3 Å². The van der Waals surface area contributed by atoms with Crippen molar-refractivity contribution in [2.45, 2.75) is 0 Å². The molecule has 6 heteroatoms. The normalized spacial score (nSPS) is 11.0. The molecule has 0 saturated heterocycles. The van der Waals surface area contributed by atoms with Crippen LogP contribution >= 0.6 is 11.3 Å². The summed E-state index contributed by atoms with van der Waals surface area (Å²) in [6.07, 6.45) is 0. The van der Waals surface area contributed by atoms with Crippen molar-refractivity contribution in [2.75, 3.05) is 12.8 Å². The number of aromatic amines is 1. The van der Waals surface area contributed by atoms with Gasteiger partial charge in [-0.1, -0.05) is 12.1 Å². The predicted octanol–water partition coefficient (Wildman–Crippen LogP) is 3.94. The summed E-state index contributed by atoms with van der Waals surface area (Å²) in [6.45, 7) is 0. The van der Waals surface area contributed by atoms with Crippen molar-refractivity contribution in [3.05, 3.63) is 48.5 Å². The van der Waals surface area contributed by atoms with Gasteiger partial charge < -0.3 is 10.5 Å². The third-order valence-electron chi connectivity index (χ3n) is 3.68. The number of fused-ring (bicyclic) bond motifs is 1. The van der Waals surface area contributed by atoms with E-state index in [-0.39, 0.29) is 0 Å². The molecule has 5 nitrogen and oxygen atoms in total. The molecule has 0 atom stereocenters. The molecule has 4 aromatic rings. The van der Waals surface area contributed by atoms with E-state index in [0.29, 0.717) is 5.82 Å². The second kappa shape index (κ2) is 5.40. The van der Waals surface area contributed by atoms with Crippen LogP contribution in [-0.2, 0) is 0 Å². The lowest BCUT2D eigenvalue weighted by Gasteiger charge is -2.03. The number of thiazole rings is 1. The van der Waals surface area contributed by atoms with Gasteiger partial charge in [0, 0.05) is 5.56 Å². The molecule has 0 spiro atoms. The first-order valence-electron chi connectivity index (χ1n) is 7.10. The zero-order chi connectivity index (χ0) is 15.8. The third-order valence-corrected chi connectivity index (χ3v) is 4.73. The highest BCUT2D eigenvalue weighted by Gasteiger charge is 2.18. The molecule has 2 aromatic carbocycles. The van der Waals surface area contributed by atoms with Crippen molar-refractivity contribution >= 4 is 27.4 Å². The number of rotatable bonds is 3. The van der Waals surface area contributed by atoms with Crippen molar-refractivity contribution in [3.63, 3.8) is 0 Å². The van der Waals surface area contributed by atoms with E-state index in [4.69, 9.17) is 10.5 Å². The molecule has 0 aliphatic heterocycles.